The molecule has 0 aliphatic heterocycles. The van der Waals surface area contributed by atoms with Crippen molar-refractivity contribution in [3.8, 4) is 0 Å². The Hall–Kier alpha value is -1.85. The lowest BCUT2D eigenvalue weighted by atomic mass is 10.0. The third-order valence-electron chi connectivity index (χ3n) is 10.5. The summed E-state index contributed by atoms with van der Waals surface area (Å²) in [5, 5.41) is 0. The first kappa shape index (κ1) is 52.2. The number of hydrogen-bond acceptors (Lipinski definition) is 6. The maximum Gasteiger partial charge on any atom is 0.306 e. The molecule has 0 N–H and O–H groups in total. The normalized spacial score (nSPS) is 12.0. The van der Waals surface area contributed by atoms with E-state index < -0.39 is 6.10 Å². The first-order valence-electron chi connectivity index (χ1n) is 23.7. The van der Waals surface area contributed by atoms with E-state index >= 15 is 0 Å². The van der Waals surface area contributed by atoms with Crippen molar-refractivity contribution in [2.45, 2.75) is 264 Å². The maximum absolute atomic E-state index is 12.7. The van der Waals surface area contributed by atoms with Crippen molar-refractivity contribution < 1.29 is 28.6 Å². The number of carbonyl (C=O) groups excluding carboxylic acids is 3. The molecule has 0 spiro atoms. The predicted octanol–water partition coefficient (Wildman–Crippen LogP) is 15.0. The maximum atomic E-state index is 12.7. The zero-order valence-electron chi connectivity index (χ0n) is 36.3. The summed E-state index contributed by atoms with van der Waals surface area (Å²) in [6.07, 6.45) is 46.2. The number of allylic oxidation sites excluding steroid dienone is 2. The zero-order valence-corrected chi connectivity index (χ0v) is 36.3. The van der Waals surface area contributed by atoms with Crippen molar-refractivity contribution in [3.63, 3.8) is 0 Å². The molecule has 1 unspecified atom stereocenters. The standard InChI is InChI=1S/C48H90O6/c1-4-7-10-13-16-19-22-23-24-27-29-32-35-38-41-47(50)53-44-45(54-48(51)42-39-36-33-30-26-21-18-15-12-9-6-3)43-52-46(49)40-37-34-31-28-25-20-17-14-11-8-5-2/h15,18,45H,4-14,16-17,19-44H2,1-3H3/b18-15-. The summed E-state index contributed by atoms with van der Waals surface area (Å²) in [6, 6.07) is 0. The smallest absolute Gasteiger partial charge is 0.306 e. The van der Waals surface area contributed by atoms with Gasteiger partial charge in [-0.25, -0.2) is 0 Å². The van der Waals surface area contributed by atoms with E-state index in [-0.39, 0.29) is 31.1 Å². The highest BCUT2D eigenvalue weighted by molar-refractivity contribution is 5.71. The van der Waals surface area contributed by atoms with Crippen LogP contribution in [0.25, 0.3) is 0 Å². The molecule has 0 aliphatic rings. The van der Waals surface area contributed by atoms with Crippen LogP contribution in [0.3, 0.4) is 0 Å². The van der Waals surface area contributed by atoms with Crippen molar-refractivity contribution >= 4 is 17.9 Å². The molecule has 0 rings (SSSR count). The molecule has 0 aromatic heterocycles. The van der Waals surface area contributed by atoms with Crippen molar-refractivity contribution in [1.29, 1.82) is 0 Å². The average molecular weight is 763 g/mol. The average Bonchev–Trinajstić information content (AvgIpc) is 3.17. The number of carbonyl (C=O) groups is 3. The molecule has 0 aromatic rings. The van der Waals surface area contributed by atoms with Crippen LogP contribution in [0.2, 0.25) is 0 Å². The Balaban J connectivity index is 4.32. The molecule has 0 bridgehead atoms. The molecule has 0 aliphatic carbocycles. The third kappa shape index (κ3) is 41.3. The van der Waals surface area contributed by atoms with Gasteiger partial charge in [-0.05, 0) is 38.5 Å². The van der Waals surface area contributed by atoms with Crippen molar-refractivity contribution in [1.82, 2.24) is 0 Å². The summed E-state index contributed by atoms with van der Waals surface area (Å²) in [6.45, 7) is 6.60. The molecule has 0 saturated carbocycles. The second-order valence-electron chi connectivity index (χ2n) is 16.0. The molecule has 0 fully saturated rings. The van der Waals surface area contributed by atoms with E-state index in [1.807, 2.05) is 0 Å². The Morgan fingerprint density at radius 2 is 0.630 bits per heavy atom. The van der Waals surface area contributed by atoms with Crippen LogP contribution >= 0.6 is 0 Å². The minimum atomic E-state index is -0.765. The lowest BCUT2D eigenvalue weighted by Crippen LogP contribution is -2.30. The summed E-state index contributed by atoms with van der Waals surface area (Å²) in [5.41, 5.74) is 0. The molecule has 0 aromatic carbocycles. The Morgan fingerprint density at radius 1 is 0.352 bits per heavy atom. The second kappa shape index (κ2) is 43.9. The number of hydrogen-bond donors (Lipinski definition) is 0. The van der Waals surface area contributed by atoms with E-state index in [4.69, 9.17) is 14.2 Å². The Bertz CT molecular complexity index is 839. The van der Waals surface area contributed by atoms with E-state index in [0.717, 1.165) is 64.2 Å². The molecular weight excluding hydrogens is 673 g/mol. The van der Waals surface area contributed by atoms with Crippen molar-refractivity contribution in [3.05, 3.63) is 12.2 Å². The number of unbranched alkanes of at least 4 members (excludes halogenated alkanes) is 30. The van der Waals surface area contributed by atoms with Crippen LogP contribution in [0.15, 0.2) is 12.2 Å². The molecule has 0 heterocycles. The minimum absolute atomic E-state index is 0.0688. The lowest BCUT2D eigenvalue weighted by Gasteiger charge is -2.18. The molecule has 54 heavy (non-hydrogen) atoms. The van der Waals surface area contributed by atoms with Gasteiger partial charge >= 0.3 is 17.9 Å². The quantitative estimate of drug-likeness (QED) is 0.0266. The third-order valence-corrected chi connectivity index (χ3v) is 10.5. The van der Waals surface area contributed by atoms with Gasteiger partial charge in [-0.15, -0.1) is 0 Å². The predicted molar refractivity (Wildman–Crippen MR) is 229 cm³/mol. The van der Waals surface area contributed by atoms with Gasteiger partial charge in [0.2, 0.25) is 0 Å². The SMILES string of the molecule is CCCC/C=C\CCCCCCCC(=O)OC(COC(=O)CCCCCCCCCCCCC)COC(=O)CCCCCCCCCCCCCCCC. The molecule has 0 radical (unpaired) electrons. The van der Waals surface area contributed by atoms with Crippen molar-refractivity contribution in [2.75, 3.05) is 13.2 Å². The van der Waals surface area contributed by atoms with Gasteiger partial charge in [0, 0.05) is 19.3 Å². The Kier molecular flexibility index (Phi) is 42.4. The van der Waals surface area contributed by atoms with Gasteiger partial charge in [0.1, 0.15) is 13.2 Å². The molecule has 6 heteroatoms. The van der Waals surface area contributed by atoms with Crippen LogP contribution in [0.5, 0.6) is 0 Å². The highest BCUT2D eigenvalue weighted by atomic mass is 16.6. The molecule has 318 valence electrons. The monoisotopic (exact) mass is 763 g/mol. The first-order chi connectivity index (χ1) is 26.5. The Morgan fingerprint density at radius 3 is 0.981 bits per heavy atom. The van der Waals surface area contributed by atoms with E-state index in [0.29, 0.717) is 19.3 Å². The van der Waals surface area contributed by atoms with E-state index in [1.165, 1.54) is 154 Å². The van der Waals surface area contributed by atoms with Crippen LogP contribution in [-0.4, -0.2) is 37.2 Å². The van der Waals surface area contributed by atoms with Crippen LogP contribution in [0.1, 0.15) is 258 Å². The highest BCUT2D eigenvalue weighted by Gasteiger charge is 2.19. The van der Waals surface area contributed by atoms with Gasteiger partial charge in [0.25, 0.3) is 0 Å². The second-order valence-corrected chi connectivity index (χ2v) is 16.0. The number of ether oxygens (including phenoxy) is 3. The minimum Gasteiger partial charge on any atom is -0.462 e. The van der Waals surface area contributed by atoms with Crippen LogP contribution in [0.4, 0.5) is 0 Å². The number of esters is 3. The molecule has 6 nitrogen and oxygen atoms in total. The first-order valence-corrected chi connectivity index (χ1v) is 23.7. The summed E-state index contributed by atoms with van der Waals surface area (Å²) in [5.74, 6) is -0.869. The summed E-state index contributed by atoms with van der Waals surface area (Å²) >= 11 is 0. The fraction of sp³-hybridized carbons (Fsp3) is 0.896. The summed E-state index contributed by atoms with van der Waals surface area (Å²) in [4.78, 5) is 37.7. The fourth-order valence-corrected chi connectivity index (χ4v) is 6.89. The van der Waals surface area contributed by atoms with Gasteiger partial charge in [-0.1, -0.05) is 213 Å². The molecular formula is C48H90O6. The fourth-order valence-electron chi connectivity index (χ4n) is 6.89. The van der Waals surface area contributed by atoms with E-state index in [2.05, 4.69) is 32.9 Å². The van der Waals surface area contributed by atoms with E-state index in [1.54, 1.807) is 0 Å². The largest absolute Gasteiger partial charge is 0.462 e. The van der Waals surface area contributed by atoms with Gasteiger partial charge in [-0.3, -0.25) is 14.4 Å². The van der Waals surface area contributed by atoms with Crippen LogP contribution in [0, 0.1) is 0 Å². The van der Waals surface area contributed by atoms with Gasteiger partial charge in [0.15, 0.2) is 6.10 Å². The number of rotatable bonds is 43. The van der Waals surface area contributed by atoms with Gasteiger partial charge in [-0.2, -0.15) is 0 Å². The Labute approximate surface area is 335 Å². The summed E-state index contributed by atoms with van der Waals surface area (Å²) < 4.78 is 16.7. The van der Waals surface area contributed by atoms with Crippen LogP contribution < -0.4 is 0 Å². The van der Waals surface area contributed by atoms with Gasteiger partial charge in [0.05, 0.1) is 0 Å². The van der Waals surface area contributed by atoms with Crippen molar-refractivity contribution in [2.24, 2.45) is 0 Å². The van der Waals surface area contributed by atoms with Gasteiger partial charge < -0.3 is 14.2 Å². The van der Waals surface area contributed by atoms with E-state index in [9.17, 15) is 14.4 Å². The molecule has 1 atom stereocenters. The molecule has 0 amide bonds. The topological polar surface area (TPSA) is 78.9 Å². The van der Waals surface area contributed by atoms with Crippen LogP contribution in [-0.2, 0) is 28.6 Å². The molecule has 0 saturated heterocycles. The lowest BCUT2D eigenvalue weighted by molar-refractivity contribution is -0.167. The zero-order chi connectivity index (χ0) is 39.4. The highest BCUT2D eigenvalue weighted by Crippen LogP contribution is 2.15. The summed E-state index contributed by atoms with van der Waals surface area (Å²) in [7, 11) is 0.